The van der Waals surface area contributed by atoms with Gasteiger partial charge in [0.15, 0.2) is 5.82 Å². The van der Waals surface area contributed by atoms with Crippen LogP contribution >= 0.6 is 11.6 Å². The van der Waals surface area contributed by atoms with E-state index in [1.54, 1.807) is 18.3 Å². The van der Waals surface area contributed by atoms with Crippen molar-refractivity contribution < 1.29 is 4.79 Å². The number of aromatic nitrogens is 3. The van der Waals surface area contributed by atoms with Gasteiger partial charge in [-0.05, 0) is 24.3 Å². The molecule has 7 heteroatoms. The van der Waals surface area contributed by atoms with E-state index < -0.39 is 0 Å². The molecule has 6 nitrogen and oxygen atoms in total. The number of carbonyl (C=O) groups is 1. The van der Waals surface area contributed by atoms with Gasteiger partial charge in [-0.15, -0.1) is 0 Å². The molecule has 1 aromatic carbocycles. The second-order valence-corrected chi connectivity index (χ2v) is 5.95. The summed E-state index contributed by atoms with van der Waals surface area (Å²) in [4.78, 5) is 24.0. The smallest absolute Gasteiger partial charge is 0.253 e. The number of hydrogen-bond acceptors (Lipinski definition) is 4. The fourth-order valence-corrected chi connectivity index (χ4v) is 2.98. The number of para-hydroxylation sites is 1. The van der Waals surface area contributed by atoms with Crippen LogP contribution in [0, 0.1) is 0 Å². The molecule has 24 heavy (non-hydrogen) atoms. The monoisotopic (exact) mass is 339 g/mol. The zero-order valence-electron chi connectivity index (χ0n) is 12.6. The van der Waals surface area contributed by atoms with Crippen LogP contribution in [0.2, 0.25) is 5.02 Å². The second-order valence-electron chi connectivity index (χ2n) is 5.55. The van der Waals surface area contributed by atoms with Gasteiger partial charge in [-0.2, -0.15) is 0 Å². The minimum atomic E-state index is -0.0629. The van der Waals surface area contributed by atoms with Crippen molar-refractivity contribution in [2.24, 2.45) is 0 Å². The van der Waals surface area contributed by atoms with Gasteiger partial charge in [0.1, 0.15) is 0 Å². The first-order valence-corrected chi connectivity index (χ1v) is 7.89. The van der Waals surface area contributed by atoms with Gasteiger partial charge in [-0.25, -0.2) is 9.97 Å². The average Bonchev–Trinajstić information content (AvgIpc) is 3.03. The lowest BCUT2D eigenvalue weighted by Gasteiger charge is -2.10. The molecule has 0 atom stereocenters. The van der Waals surface area contributed by atoms with Crippen LogP contribution in [0.4, 0.5) is 5.69 Å². The molecule has 0 fully saturated rings. The van der Waals surface area contributed by atoms with E-state index in [0.717, 1.165) is 17.8 Å². The molecule has 0 unspecified atom stereocenters. The summed E-state index contributed by atoms with van der Waals surface area (Å²) in [5.74, 6) is 0.427. The second kappa shape index (κ2) is 5.65. The third kappa shape index (κ3) is 2.41. The Morgan fingerprint density at radius 1 is 1.21 bits per heavy atom. The van der Waals surface area contributed by atoms with Crippen molar-refractivity contribution in [3.05, 3.63) is 52.8 Å². The lowest BCUT2D eigenvalue weighted by molar-refractivity contribution is 0.0946. The Morgan fingerprint density at radius 3 is 2.92 bits per heavy atom. The molecule has 4 rings (SSSR count). The van der Waals surface area contributed by atoms with Crippen molar-refractivity contribution in [2.45, 2.75) is 6.42 Å². The average molecular weight is 340 g/mol. The number of H-pyrrole nitrogens is 1. The van der Waals surface area contributed by atoms with Crippen LogP contribution in [-0.4, -0.2) is 27.4 Å². The Morgan fingerprint density at radius 2 is 2.08 bits per heavy atom. The van der Waals surface area contributed by atoms with Crippen LogP contribution < -0.4 is 11.1 Å². The van der Waals surface area contributed by atoms with Crippen molar-refractivity contribution in [1.29, 1.82) is 0 Å². The normalized spacial score (nSPS) is 13.5. The Labute approximate surface area is 143 Å². The number of nitrogens with two attached hydrogens (primary N) is 1. The highest BCUT2D eigenvalue weighted by Crippen LogP contribution is 2.30. The van der Waals surface area contributed by atoms with Gasteiger partial charge >= 0.3 is 0 Å². The molecule has 120 valence electrons. The van der Waals surface area contributed by atoms with Crippen molar-refractivity contribution in [1.82, 2.24) is 20.3 Å². The van der Waals surface area contributed by atoms with Crippen LogP contribution in [-0.2, 0) is 6.42 Å². The number of amides is 1. The summed E-state index contributed by atoms with van der Waals surface area (Å²) in [6.45, 7) is 0.639. The molecular formula is C17H14ClN5O. The van der Waals surface area contributed by atoms with Gasteiger partial charge < -0.3 is 16.0 Å². The maximum absolute atomic E-state index is 11.9. The first kappa shape index (κ1) is 14.7. The van der Waals surface area contributed by atoms with E-state index >= 15 is 0 Å². The van der Waals surface area contributed by atoms with Crippen LogP contribution in [0.25, 0.3) is 22.8 Å². The highest BCUT2D eigenvalue weighted by Gasteiger charge is 2.20. The molecule has 0 bridgehead atoms. The van der Waals surface area contributed by atoms with Crippen molar-refractivity contribution in [3.63, 3.8) is 0 Å². The van der Waals surface area contributed by atoms with E-state index in [1.807, 2.05) is 18.2 Å². The SMILES string of the molecule is Nc1c(Cl)cccc1-c1nccc(-c2cc3c([nH]2)CCNC3=O)n1. The highest BCUT2D eigenvalue weighted by molar-refractivity contribution is 6.33. The van der Waals surface area contributed by atoms with Gasteiger partial charge in [-0.1, -0.05) is 17.7 Å². The summed E-state index contributed by atoms with van der Waals surface area (Å²) in [5, 5.41) is 3.30. The Kier molecular flexibility index (Phi) is 3.46. The molecule has 1 aliphatic rings. The zero-order chi connectivity index (χ0) is 16.7. The lowest BCUT2D eigenvalue weighted by Crippen LogP contribution is -2.31. The quantitative estimate of drug-likeness (QED) is 0.625. The predicted octanol–water partition coefficient (Wildman–Crippen LogP) is 2.66. The molecule has 2 aromatic heterocycles. The standard InChI is InChI=1S/C17H14ClN5O/c18-11-3-1-2-9(15(11)19)16-20-6-5-13(23-16)14-8-10-12(22-14)4-7-21-17(10)24/h1-3,5-6,8,22H,4,7,19H2,(H,21,24). The number of nitrogens with zero attached hydrogens (tertiary/aromatic N) is 2. The largest absolute Gasteiger partial charge is 0.397 e. The first-order valence-electron chi connectivity index (χ1n) is 7.51. The summed E-state index contributed by atoms with van der Waals surface area (Å²) in [6.07, 6.45) is 2.44. The molecule has 0 radical (unpaired) electrons. The maximum atomic E-state index is 11.9. The van der Waals surface area contributed by atoms with Crippen LogP contribution in [0.3, 0.4) is 0 Å². The molecule has 3 heterocycles. The van der Waals surface area contributed by atoms with Crippen LogP contribution in [0.15, 0.2) is 36.5 Å². The number of benzene rings is 1. The Balaban J connectivity index is 1.78. The van der Waals surface area contributed by atoms with Crippen molar-refractivity contribution >= 4 is 23.2 Å². The van der Waals surface area contributed by atoms with E-state index in [9.17, 15) is 4.79 Å². The lowest BCUT2D eigenvalue weighted by atomic mass is 10.1. The van der Waals surface area contributed by atoms with E-state index in [4.69, 9.17) is 17.3 Å². The molecule has 1 amide bonds. The molecule has 0 saturated carbocycles. The number of anilines is 1. The number of aromatic amines is 1. The van der Waals surface area contributed by atoms with E-state index in [0.29, 0.717) is 39.9 Å². The summed E-state index contributed by atoms with van der Waals surface area (Å²) in [6, 6.07) is 8.97. The zero-order valence-corrected chi connectivity index (χ0v) is 13.4. The number of rotatable bonds is 2. The van der Waals surface area contributed by atoms with E-state index in [2.05, 4.69) is 20.3 Å². The van der Waals surface area contributed by atoms with Gasteiger partial charge in [0.05, 0.1) is 27.7 Å². The molecule has 0 saturated heterocycles. The molecule has 0 spiro atoms. The molecule has 1 aliphatic heterocycles. The number of fused-ring (bicyclic) bond motifs is 1. The minimum Gasteiger partial charge on any atom is -0.397 e. The predicted molar refractivity (Wildman–Crippen MR) is 92.7 cm³/mol. The summed E-state index contributed by atoms with van der Waals surface area (Å²) in [7, 11) is 0. The van der Waals surface area contributed by atoms with E-state index in [-0.39, 0.29) is 5.91 Å². The third-order valence-corrected chi connectivity index (χ3v) is 4.36. The van der Waals surface area contributed by atoms with Gasteiger partial charge in [0, 0.05) is 30.4 Å². The number of halogens is 1. The van der Waals surface area contributed by atoms with Crippen molar-refractivity contribution in [2.75, 3.05) is 12.3 Å². The number of nitrogens with one attached hydrogen (secondary N) is 2. The highest BCUT2D eigenvalue weighted by atomic mass is 35.5. The van der Waals surface area contributed by atoms with Gasteiger partial charge in [-0.3, -0.25) is 4.79 Å². The fraction of sp³-hybridized carbons (Fsp3) is 0.118. The topological polar surface area (TPSA) is 96.7 Å². The van der Waals surface area contributed by atoms with Gasteiger partial charge in [0.2, 0.25) is 0 Å². The molecular weight excluding hydrogens is 326 g/mol. The fourth-order valence-electron chi connectivity index (χ4n) is 2.80. The summed E-state index contributed by atoms with van der Waals surface area (Å²) in [5.41, 5.74) is 10.2. The van der Waals surface area contributed by atoms with E-state index in [1.165, 1.54) is 0 Å². The minimum absolute atomic E-state index is 0.0629. The molecule has 4 N–H and O–H groups in total. The Hall–Kier alpha value is -2.86. The third-order valence-electron chi connectivity index (χ3n) is 4.03. The number of nitrogen functional groups attached to an aromatic ring is 1. The van der Waals surface area contributed by atoms with Gasteiger partial charge in [0.25, 0.3) is 5.91 Å². The molecule has 0 aliphatic carbocycles. The number of hydrogen-bond donors (Lipinski definition) is 3. The number of carbonyl (C=O) groups excluding carboxylic acids is 1. The van der Waals surface area contributed by atoms with Crippen LogP contribution in [0.1, 0.15) is 16.1 Å². The summed E-state index contributed by atoms with van der Waals surface area (Å²) >= 11 is 6.07. The van der Waals surface area contributed by atoms with Crippen molar-refractivity contribution in [3.8, 4) is 22.8 Å². The molecule has 3 aromatic rings. The first-order chi connectivity index (χ1) is 11.6. The Bertz CT molecular complexity index is 950. The summed E-state index contributed by atoms with van der Waals surface area (Å²) < 4.78 is 0. The van der Waals surface area contributed by atoms with Crippen LogP contribution in [0.5, 0.6) is 0 Å². The maximum Gasteiger partial charge on any atom is 0.253 e.